The van der Waals surface area contributed by atoms with Gasteiger partial charge >= 0.3 is 0 Å². The summed E-state index contributed by atoms with van der Waals surface area (Å²) in [5, 5.41) is 4.24. The Morgan fingerprint density at radius 2 is 1.76 bits per heavy atom. The van der Waals surface area contributed by atoms with Gasteiger partial charge in [-0.05, 0) is 62.2 Å². The fourth-order valence-electron chi connectivity index (χ4n) is 4.18. The minimum Gasteiger partial charge on any atom is -0.384 e. The minimum absolute atomic E-state index is 0.295. The lowest BCUT2D eigenvalue weighted by atomic mass is 9.74. The maximum Gasteiger partial charge on any atom is 0.0637 e. The lowest BCUT2D eigenvalue weighted by Gasteiger charge is -2.39. The van der Waals surface area contributed by atoms with Crippen molar-refractivity contribution in [2.45, 2.75) is 24.7 Å². The number of rotatable bonds is 5. The molecule has 2 aromatic carbocycles. The van der Waals surface area contributed by atoms with E-state index in [2.05, 4.69) is 46.6 Å². The van der Waals surface area contributed by atoms with Crippen molar-refractivity contribution in [2.75, 3.05) is 31.5 Å². The van der Waals surface area contributed by atoms with Gasteiger partial charge in [-0.25, -0.2) is 0 Å². The summed E-state index contributed by atoms with van der Waals surface area (Å²) in [4.78, 5) is 2.61. The van der Waals surface area contributed by atoms with Crippen LogP contribution < -0.4 is 5.32 Å². The number of hydrogen-bond acceptors (Lipinski definition) is 2. The van der Waals surface area contributed by atoms with Crippen LogP contribution in [0, 0.1) is 0 Å². The quantitative estimate of drug-likeness (QED) is 0.744. The van der Waals surface area contributed by atoms with Crippen LogP contribution in [0.25, 0.3) is 6.08 Å². The fraction of sp³-hybridized carbons (Fsp3) is 0.364. The Kier molecular flexibility index (Phi) is 4.82. The summed E-state index contributed by atoms with van der Waals surface area (Å²) in [5.74, 6) is 0. The molecule has 1 fully saturated rings. The molecule has 1 saturated heterocycles. The maximum absolute atomic E-state index is 6.18. The molecule has 1 heterocycles. The Morgan fingerprint density at radius 1 is 1.00 bits per heavy atom. The van der Waals surface area contributed by atoms with Gasteiger partial charge in [-0.2, -0.15) is 0 Å². The lowest BCUT2D eigenvalue weighted by molar-refractivity contribution is 0.184. The molecule has 1 spiro atoms. The molecule has 1 aliphatic heterocycles. The second-order valence-electron chi connectivity index (χ2n) is 7.18. The first-order valence-corrected chi connectivity index (χ1v) is 9.64. The monoisotopic (exact) mass is 352 g/mol. The van der Waals surface area contributed by atoms with Gasteiger partial charge in [0.15, 0.2) is 0 Å². The van der Waals surface area contributed by atoms with Gasteiger partial charge in [0.05, 0.1) is 10.7 Å². The standard InChI is InChI=1S/C22H25ClN2/c23-20-8-3-4-9-21(20)24-14-5-15-25-16-12-22(13-17-25)11-10-18-6-1-2-7-19(18)22/h1-4,6-11,24H,5,12-17H2. The van der Waals surface area contributed by atoms with E-state index >= 15 is 0 Å². The number of anilines is 1. The van der Waals surface area contributed by atoms with Crippen molar-refractivity contribution < 1.29 is 0 Å². The van der Waals surface area contributed by atoms with Crippen LogP contribution in [0.2, 0.25) is 5.02 Å². The van der Waals surface area contributed by atoms with Crippen LogP contribution in [0.15, 0.2) is 54.6 Å². The van der Waals surface area contributed by atoms with Crippen LogP contribution in [0.3, 0.4) is 0 Å². The van der Waals surface area contributed by atoms with Crippen molar-refractivity contribution in [1.82, 2.24) is 4.90 Å². The normalized spacial score (nSPS) is 18.4. The topological polar surface area (TPSA) is 15.3 Å². The second kappa shape index (κ2) is 7.23. The number of likely N-dealkylation sites (tertiary alicyclic amines) is 1. The van der Waals surface area contributed by atoms with Gasteiger partial charge in [-0.1, -0.05) is 60.2 Å². The molecule has 0 atom stereocenters. The lowest BCUT2D eigenvalue weighted by Crippen LogP contribution is -2.41. The van der Waals surface area contributed by atoms with Crippen LogP contribution in [0.5, 0.6) is 0 Å². The highest BCUT2D eigenvalue weighted by Crippen LogP contribution is 2.43. The summed E-state index contributed by atoms with van der Waals surface area (Å²) in [6, 6.07) is 16.8. The molecule has 0 unspecified atom stereocenters. The second-order valence-corrected chi connectivity index (χ2v) is 7.59. The molecule has 2 nitrogen and oxygen atoms in total. The van der Waals surface area contributed by atoms with Crippen LogP contribution in [-0.2, 0) is 5.41 Å². The van der Waals surface area contributed by atoms with Gasteiger partial charge in [0, 0.05) is 12.0 Å². The number of allylic oxidation sites excluding steroid dienone is 1. The number of nitrogens with zero attached hydrogens (tertiary/aromatic N) is 1. The van der Waals surface area contributed by atoms with Crippen LogP contribution in [-0.4, -0.2) is 31.1 Å². The number of nitrogens with one attached hydrogen (secondary N) is 1. The Hall–Kier alpha value is -1.77. The average Bonchev–Trinajstić information content (AvgIpc) is 3.01. The zero-order chi connectivity index (χ0) is 17.1. The molecule has 0 radical (unpaired) electrons. The molecule has 0 bridgehead atoms. The third-order valence-corrected chi connectivity index (χ3v) is 6.00. The Labute approximate surface area is 155 Å². The van der Waals surface area contributed by atoms with Crippen LogP contribution in [0.4, 0.5) is 5.69 Å². The molecule has 130 valence electrons. The van der Waals surface area contributed by atoms with Crippen molar-refractivity contribution in [1.29, 1.82) is 0 Å². The number of fused-ring (bicyclic) bond motifs is 2. The summed E-state index contributed by atoms with van der Waals surface area (Å²) in [6.07, 6.45) is 8.38. The van der Waals surface area contributed by atoms with Crippen molar-refractivity contribution >= 4 is 23.4 Å². The number of benzene rings is 2. The van der Waals surface area contributed by atoms with Gasteiger partial charge in [0.2, 0.25) is 0 Å². The first-order valence-electron chi connectivity index (χ1n) is 9.26. The summed E-state index contributed by atoms with van der Waals surface area (Å²) in [5.41, 5.74) is 4.28. The Morgan fingerprint density at radius 3 is 2.60 bits per heavy atom. The number of piperidine rings is 1. The van der Waals surface area contributed by atoms with E-state index in [1.165, 1.54) is 37.1 Å². The van der Waals surface area contributed by atoms with E-state index in [4.69, 9.17) is 11.6 Å². The smallest absolute Gasteiger partial charge is 0.0637 e. The molecule has 0 amide bonds. The highest BCUT2D eigenvalue weighted by Gasteiger charge is 2.37. The van der Waals surface area contributed by atoms with E-state index in [1.807, 2.05) is 24.3 Å². The first kappa shape index (κ1) is 16.7. The average molecular weight is 353 g/mol. The number of hydrogen-bond donors (Lipinski definition) is 1. The molecule has 1 N–H and O–H groups in total. The van der Waals surface area contributed by atoms with Gasteiger partial charge in [-0.15, -0.1) is 0 Å². The molecule has 4 rings (SSSR count). The van der Waals surface area contributed by atoms with Crippen molar-refractivity contribution in [2.24, 2.45) is 0 Å². The van der Waals surface area contributed by atoms with Gasteiger partial charge < -0.3 is 10.2 Å². The van der Waals surface area contributed by atoms with Crippen molar-refractivity contribution in [3.8, 4) is 0 Å². The van der Waals surface area contributed by atoms with Crippen molar-refractivity contribution in [3.63, 3.8) is 0 Å². The van der Waals surface area contributed by atoms with Gasteiger partial charge in [0.1, 0.15) is 0 Å². The molecule has 0 aromatic heterocycles. The molecule has 0 saturated carbocycles. The summed E-state index contributed by atoms with van der Waals surface area (Å²) in [7, 11) is 0. The number of para-hydroxylation sites is 1. The van der Waals surface area contributed by atoms with Gasteiger partial charge in [-0.3, -0.25) is 0 Å². The van der Waals surface area contributed by atoms with Crippen LogP contribution in [0.1, 0.15) is 30.4 Å². The molecule has 3 heteroatoms. The molecular formula is C22H25ClN2. The molecule has 2 aliphatic rings. The predicted octanol–water partition coefficient (Wildman–Crippen LogP) is 5.20. The zero-order valence-electron chi connectivity index (χ0n) is 14.5. The highest BCUT2D eigenvalue weighted by atomic mass is 35.5. The van der Waals surface area contributed by atoms with E-state index in [0.29, 0.717) is 5.41 Å². The van der Waals surface area contributed by atoms with E-state index in [9.17, 15) is 0 Å². The fourth-order valence-corrected chi connectivity index (χ4v) is 4.38. The Balaban J connectivity index is 1.25. The number of halogens is 1. The molecule has 2 aromatic rings. The summed E-state index contributed by atoms with van der Waals surface area (Å²) >= 11 is 6.18. The van der Waals surface area contributed by atoms with E-state index < -0.39 is 0 Å². The Bertz CT molecular complexity index is 760. The summed E-state index contributed by atoms with van der Waals surface area (Å²) in [6.45, 7) is 4.49. The predicted molar refractivity (Wildman–Crippen MR) is 107 cm³/mol. The zero-order valence-corrected chi connectivity index (χ0v) is 15.3. The van der Waals surface area contributed by atoms with Crippen molar-refractivity contribution in [3.05, 3.63) is 70.8 Å². The SMILES string of the molecule is Clc1ccccc1NCCCN1CCC2(C=Cc3ccccc32)CC1. The van der Waals surface area contributed by atoms with Gasteiger partial charge in [0.25, 0.3) is 0 Å². The van der Waals surface area contributed by atoms with E-state index in [0.717, 1.165) is 30.2 Å². The molecular weight excluding hydrogens is 328 g/mol. The van der Waals surface area contributed by atoms with E-state index in [-0.39, 0.29) is 0 Å². The molecule has 25 heavy (non-hydrogen) atoms. The summed E-state index contributed by atoms with van der Waals surface area (Å²) < 4.78 is 0. The first-order chi connectivity index (χ1) is 12.3. The van der Waals surface area contributed by atoms with E-state index in [1.54, 1.807) is 0 Å². The highest BCUT2D eigenvalue weighted by molar-refractivity contribution is 6.33. The molecule has 1 aliphatic carbocycles. The minimum atomic E-state index is 0.295. The third-order valence-electron chi connectivity index (χ3n) is 5.67. The van der Waals surface area contributed by atoms with Crippen LogP contribution >= 0.6 is 11.6 Å². The largest absolute Gasteiger partial charge is 0.384 e. The third kappa shape index (κ3) is 3.47. The maximum atomic E-state index is 6.18.